The van der Waals surface area contributed by atoms with Crippen LogP contribution in [0, 0.1) is 10.1 Å². The third-order valence-electron chi connectivity index (χ3n) is 7.23. The van der Waals surface area contributed by atoms with E-state index in [1.165, 1.54) is 34.3 Å². The number of hydrazone groups is 1. The molecule has 7 heteroatoms. The second-order valence-electron chi connectivity index (χ2n) is 8.97. The Hall–Kier alpha value is -3.45. The number of nitrogens with one attached hydrogen (secondary N) is 2. The lowest BCUT2D eigenvalue weighted by molar-refractivity contribution is -0.384. The van der Waals surface area contributed by atoms with E-state index in [0.717, 1.165) is 50.0 Å². The van der Waals surface area contributed by atoms with E-state index in [-0.39, 0.29) is 11.2 Å². The van der Waals surface area contributed by atoms with Crippen LogP contribution in [0.2, 0.25) is 0 Å². The Bertz CT molecular complexity index is 1270. The van der Waals surface area contributed by atoms with E-state index in [0.29, 0.717) is 6.04 Å². The number of rotatable bonds is 3. The van der Waals surface area contributed by atoms with Gasteiger partial charge in [0.25, 0.3) is 5.69 Å². The molecule has 3 heterocycles. The van der Waals surface area contributed by atoms with Gasteiger partial charge in [-0.15, -0.1) is 0 Å². The fraction of sp³-hybridized carbons (Fsp3) is 0.320. The van der Waals surface area contributed by atoms with Crippen LogP contribution in [0.1, 0.15) is 43.0 Å². The molecule has 1 aromatic heterocycles. The van der Waals surface area contributed by atoms with Gasteiger partial charge in [0, 0.05) is 34.8 Å². The summed E-state index contributed by atoms with van der Waals surface area (Å²) in [5, 5.41) is 20.5. The summed E-state index contributed by atoms with van der Waals surface area (Å²) in [6.07, 6.45) is 9.77. The van der Waals surface area contributed by atoms with Crippen LogP contribution in [-0.4, -0.2) is 21.7 Å². The van der Waals surface area contributed by atoms with Gasteiger partial charge in [-0.1, -0.05) is 24.3 Å². The number of nitrogens with zero attached hydrogens (tertiary/aromatic N) is 3. The summed E-state index contributed by atoms with van der Waals surface area (Å²) in [7, 11) is 0. The third-order valence-corrected chi connectivity index (χ3v) is 7.23. The van der Waals surface area contributed by atoms with E-state index in [1.807, 2.05) is 0 Å². The number of nitro benzene ring substituents is 1. The number of para-hydroxylation sites is 1. The fourth-order valence-corrected chi connectivity index (χ4v) is 5.69. The molecule has 2 N–H and O–H groups in total. The quantitative estimate of drug-likeness (QED) is 0.453. The lowest BCUT2D eigenvalue weighted by Crippen LogP contribution is -2.44. The van der Waals surface area contributed by atoms with Crippen molar-refractivity contribution in [1.29, 1.82) is 0 Å². The summed E-state index contributed by atoms with van der Waals surface area (Å²) in [5.41, 5.74) is 9.22. The zero-order valence-corrected chi connectivity index (χ0v) is 17.8. The minimum Gasteiger partial charge on any atom is -0.333 e. The summed E-state index contributed by atoms with van der Waals surface area (Å²) in [5.74, 6) is 0. The van der Waals surface area contributed by atoms with Gasteiger partial charge >= 0.3 is 0 Å². The van der Waals surface area contributed by atoms with Gasteiger partial charge in [0.05, 0.1) is 21.9 Å². The molecule has 0 radical (unpaired) electrons. The van der Waals surface area contributed by atoms with Gasteiger partial charge < -0.3 is 9.88 Å². The van der Waals surface area contributed by atoms with E-state index < -0.39 is 4.92 Å². The first-order chi connectivity index (χ1) is 15.6. The summed E-state index contributed by atoms with van der Waals surface area (Å²) in [6, 6.07) is 15.6. The zero-order valence-electron chi connectivity index (χ0n) is 17.8. The van der Waals surface area contributed by atoms with Gasteiger partial charge in [-0.3, -0.25) is 15.5 Å². The van der Waals surface area contributed by atoms with Crippen LogP contribution >= 0.6 is 0 Å². The molecular weight excluding hydrogens is 402 g/mol. The Morgan fingerprint density at radius 3 is 2.75 bits per heavy atom. The molecule has 0 fully saturated rings. The highest BCUT2D eigenvalue weighted by Gasteiger charge is 2.42. The molecule has 0 saturated carbocycles. The SMILES string of the molecule is O=[N+]([O-])c1ccc(N/N=C2\C=C[C@@]3(CC2)CC[C@@H]2NCCc4c2n3c2ccccc42)cc1. The highest BCUT2D eigenvalue weighted by Crippen LogP contribution is 2.48. The third kappa shape index (κ3) is 2.96. The minimum absolute atomic E-state index is 0.00488. The average molecular weight is 428 g/mol. The lowest BCUT2D eigenvalue weighted by atomic mass is 9.77. The molecule has 0 amide bonds. The van der Waals surface area contributed by atoms with Crippen LogP contribution < -0.4 is 10.7 Å². The number of aromatic nitrogens is 1. The Kier molecular flexibility index (Phi) is 4.40. The maximum Gasteiger partial charge on any atom is 0.269 e. The van der Waals surface area contributed by atoms with Crippen LogP contribution in [0.4, 0.5) is 11.4 Å². The van der Waals surface area contributed by atoms with Gasteiger partial charge in [-0.2, -0.15) is 5.10 Å². The lowest BCUT2D eigenvalue weighted by Gasteiger charge is -2.45. The molecule has 32 heavy (non-hydrogen) atoms. The molecule has 0 bridgehead atoms. The molecule has 3 aromatic rings. The Morgan fingerprint density at radius 1 is 1.12 bits per heavy atom. The summed E-state index contributed by atoms with van der Waals surface area (Å²) < 4.78 is 2.62. The van der Waals surface area contributed by atoms with Crippen LogP contribution in [0.3, 0.4) is 0 Å². The van der Waals surface area contributed by atoms with Crippen molar-refractivity contribution in [2.24, 2.45) is 5.10 Å². The van der Waals surface area contributed by atoms with Gasteiger partial charge in [0.1, 0.15) is 0 Å². The number of anilines is 1. The standard InChI is InChI=1S/C25H25N5O2/c31-30(32)19-7-5-17(6-8-19)27-28-18-9-13-25(14-10-18)15-11-22-24-21(12-16-26-22)20-3-1-2-4-23(20)29(24)25/h1-9,13,22,26-27H,10-12,14-16H2/b28-18+/t22-,25+/m0/s1. The van der Waals surface area contributed by atoms with Crippen molar-refractivity contribution in [3.8, 4) is 0 Å². The van der Waals surface area contributed by atoms with E-state index >= 15 is 0 Å². The van der Waals surface area contributed by atoms with Gasteiger partial charge in [-0.05, 0) is 68.5 Å². The predicted molar refractivity (Wildman–Crippen MR) is 126 cm³/mol. The van der Waals surface area contributed by atoms with Crippen LogP contribution in [0.15, 0.2) is 65.8 Å². The van der Waals surface area contributed by atoms with Crippen molar-refractivity contribution in [2.75, 3.05) is 12.0 Å². The molecule has 0 unspecified atom stereocenters. The molecule has 7 nitrogen and oxygen atoms in total. The Morgan fingerprint density at radius 2 is 1.97 bits per heavy atom. The number of fused-ring (bicyclic) bond motifs is 4. The molecule has 2 aliphatic heterocycles. The second-order valence-corrected chi connectivity index (χ2v) is 8.97. The first kappa shape index (κ1) is 19.3. The predicted octanol–water partition coefficient (Wildman–Crippen LogP) is 5.04. The molecule has 2 aromatic carbocycles. The molecule has 1 spiro atoms. The normalized spacial score (nSPS) is 25.2. The van der Waals surface area contributed by atoms with Gasteiger partial charge in [0.15, 0.2) is 0 Å². The van der Waals surface area contributed by atoms with Crippen molar-refractivity contribution in [3.05, 3.63) is 82.1 Å². The van der Waals surface area contributed by atoms with E-state index in [4.69, 9.17) is 0 Å². The maximum absolute atomic E-state index is 10.8. The zero-order chi connectivity index (χ0) is 21.7. The van der Waals surface area contributed by atoms with Crippen molar-refractivity contribution in [3.63, 3.8) is 0 Å². The van der Waals surface area contributed by atoms with Crippen molar-refractivity contribution in [2.45, 2.75) is 43.7 Å². The van der Waals surface area contributed by atoms with Crippen LogP contribution in [0.25, 0.3) is 10.9 Å². The first-order valence-electron chi connectivity index (χ1n) is 11.3. The summed E-state index contributed by atoms with van der Waals surface area (Å²) in [4.78, 5) is 10.4. The number of nitro groups is 1. The number of hydrogen-bond acceptors (Lipinski definition) is 5. The van der Waals surface area contributed by atoms with E-state index in [9.17, 15) is 10.1 Å². The molecule has 6 rings (SSSR count). The first-order valence-corrected chi connectivity index (χ1v) is 11.3. The molecular formula is C25H25N5O2. The van der Waals surface area contributed by atoms with E-state index in [1.54, 1.807) is 12.1 Å². The van der Waals surface area contributed by atoms with Crippen molar-refractivity contribution >= 4 is 28.0 Å². The van der Waals surface area contributed by atoms with Gasteiger partial charge in [0.2, 0.25) is 0 Å². The molecule has 0 saturated heterocycles. The summed E-state index contributed by atoms with van der Waals surface area (Å²) >= 11 is 0. The van der Waals surface area contributed by atoms with Crippen LogP contribution in [-0.2, 0) is 12.0 Å². The monoisotopic (exact) mass is 427 g/mol. The fourth-order valence-electron chi connectivity index (χ4n) is 5.69. The number of benzene rings is 2. The number of hydrogen-bond donors (Lipinski definition) is 2. The Labute approximate surface area is 186 Å². The summed E-state index contributed by atoms with van der Waals surface area (Å²) in [6.45, 7) is 1.06. The number of allylic oxidation sites excluding steroid dienone is 2. The smallest absolute Gasteiger partial charge is 0.269 e. The maximum atomic E-state index is 10.8. The van der Waals surface area contributed by atoms with Gasteiger partial charge in [-0.25, -0.2) is 0 Å². The number of non-ortho nitro benzene ring substituents is 1. The second kappa shape index (κ2) is 7.31. The van der Waals surface area contributed by atoms with Crippen molar-refractivity contribution < 1.29 is 4.92 Å². The highest BCUT2D eigenvalue weighted by atomic mass is 16.6. The molecule has 3 aliphatic rings. The van der Waals surface area contributed by atoms with E-state index in [2.05, 4.69) is 56.8 Å². The Balaban J connectivity index is 1.32. The average Bonchev–Trinajstić information content (AvgIpc) is 3.18. The molecule has 1 aliphatic carbocycles. The molecule has 2 atom stereocenters. The molecule has 162 valence electrons. The largest absolute Gasteiger partial charge is 0.333 e. The van der Waals surface area contributed by atoms with Crippen molar-refractivity contribution in [1.82, 2.24) is 9.88 Å². The van der Waals surface area contributed by atoms with Crippen LogP contribution in [0.5, 0.6) is 0 Å². The topological polar surface area (TPSA) is 84.5 Å². The minimum atomic E-state index is -0.396. The highest BCUT2D eigenvalue weighted by molar-refractivity contribution is 5.96.